The zero-order valence-corrected chi connectivity index (χ0v) is 15.1. The Labute approximate surface area is 162 Å². The number of halogens is 3. The summed E-state index contributed by atoms with van der Waals surface area (Å²) in [5, 5.41) is 0. The summed E-state index contributed by atoms with van der Waals surface area (Å²) in [5.41, 5.74) is 3.05. The van der Waals surface area contributed by atoms with Crippen molar-refractivity contribution in [1.29, 1.82) is 0 Å². The molecule has 3 aromatic rings. The molecule has 0 saturated heterocycles. The van der Waals surface area contributed by atoms with E-state index in [-0.39, 0.29) is 23.7 Å². The maximum atomic E-state index is 12.5. The van der Waals surface area contributed by atoms with Gasteiger partial charge in [-0.1, -0.05) is 12.1 Å². The Morgan fingerprint density at radius 2 is 1.76 bits per heavy atom. The molecule has 8 heteroatoms. The van der Waals surface area contributed by atoms with Gasteiger partial charge in [-0.05, 0) is 48.4 Å². The van der Waals surface area contributed by atoms with Crippen LogP contribution in [0, 0.1) is 6.92 Å². The van der Waals surface area contributed by atoms with E-state index in [2.05, 4.69) is 4.74 Å². The number of rotatable bonds is 3. The van der Waals surface area contributed by atoms with Crippen LogP contribution in [0.2, 0.25) is 0 Å². The molecule has 0 unspecified atom stereocenters. The Kier molecular flexibility index (Phi) is 4.41. The molecule has 2 aromatic carbocycles. The molecule has 1 aliphatic heterocycles. The van der Waals surface area contributed by atoms with Crippen LogP contribution in [0.3, 0.4) is 0 Å². The number of nitrogens with zero attached hydrogens (tertiary/aromatic N) is 1. The number of alkyl halides is 3. The topological polar surface area (TPSA) is 57.5 Å². The normalized spacial score (nSPS) is 13.2. The van der Waals surface area contributed by atoms with Crippen molar-refractivity contribution < 1.29 is 27.4 Å². The van der Waals surface area contributed by atoms with E-state index >= 15 is 0 Å². The quantitative estimate of drug-likeness (QED) is 0.488. The molecule has 0 aliphatic carbocycles. The number of aryl methyl sites for hydroxylation is 1. The largest absolute Gasteiger partial charge is 0.573 e. The Hall–Kier alpha value is -3.55. The monoisotopic (exact) mass is 401 g/mol. The van der Waals surface area contributed by atoms with Crippen molar-refractivity contribution in [2.75, 3.05) is 0 Å². The summed E-state index contributed by atoms with van der Waals surface area (Å²) in [4.78, 5) is 23.9. The summed E-state index contributed by atoms with van der Waals surface area (Å²) in [5.74, 6) is -0.208. The SMILES string of the molecule is Cc1cc(=O)n(-c2ccc(OC(F)(F)F)cc2)cc1-c1ccc2c(c1)OC(=O)C2. The zero-order valence-electron chi connectivity index (χ0n) is 15.1. The smallest absolute Gasteiger partial charge is 0.426 e. The minimum absolute atomic E-state index is 0.223. The Morgan fingerprint density at radius 3 is 2.45 bits per heavy atom. The van der Waals surface area contributed by atoms with Crippen LogP contribution in [0.4, 0.5) is 13.2 Å². The number of esters is 1. The van der Waals surface area contributed by atoms with E-state index in [4.69, 9.17) is 4.74 Å². The molecule has 148 valence electrons. The van der Waals surface area contributed by atoms with E-state index in [1.165, 1.54) is 22.8 Å². The highest BCUT2D eigenvalue weighted by Crippen LogP contribution is 2.33. The van der Waals surface area contributed by atoms with E-state index in [0.717, 1.165) is 28.8 Å². The summed E-state index contributed by atoms with van der Waals surface area (Å²) in [6.07, 6.45) is -2.96. The minimum Gasteiger partial charge on any atom is -0.426 e. The average Bonchev–Trinajstić information content (AvgIpc) is 3.00. The lowest BCUT2D eigenvalue weighted by molar-refractivity contribution is -0.274. The van der Waals surface area contributed by atoms with E-state index in [1.54, 1.807) is 25.3 Å². The van der Waals surface area contributed by atoms with Gasteiger partial charge in [0.25, 0.3) is 5.56 Å². The molecule has 0 N–H and O–H groups in total. The van der Waals surface area contributed by atoms with Crippen molar-refractivity contribution in [2.24, 2.45) is 0 Å². The van der Waals surface area contributed by atoms with Gasteiger partial charge in [-0.3, -0.25) is 14.2 Å². The van der Waals surface area contributed by atoms with Crippen LogP contribution in [0.25, 0.3) is 16.8 Å². The van der Waals surface area contributed by atoms with Gasteiger partial charge in [0, 0.05) is 29.1 Å². The summed E-state index contributed by atoms with van der Waals surface area (Å²) >= 11 is 0. The van der Waals surface area contributed by atoms with E-state index in [0.29, 0.717) is 17.0 Å². The fourth-order valence-electron chi connectivity index (χ4n) is 3.22. The minimum atomic E-state index is -4.79. The molecule has 0 radical (unpaired) electrons. The molecule has 29 heavy (non-hydrogen) atoms. The first kappa shape index (κ1) is 18.8. The average molecular weight is 401 g/mol. The highest BCUT2D eigenvalue weighted by Gasteiger charge is 2.31. The molecule has 0 atom stereocenters. The van der Waals surface area contributed by atoms with Crippen molar-refractivity contribution in [3.63, 3.8) is 0 Å². The van der Waals surface area contributed by atoms with Crippen LogP contribution in [0.15, 0.2) is 59.5 Å². The number of carbonyl (C=O) groups is 1. The third-order valence-corrected chi connectivity index (χ3v) is 4.55. The molecule has 0 spiro atoms. The Morgan fingerprint density at radius 1 is 1.03 bits per heavy atom. The molecular formula is C21H14F3NO4. The van der Waals surface area contributed by atoms with Crippen LogP contribution in [0.1, 0.15) is 11.1 Å². The standard InChI is InChI=1S/C21H14F3NO4/c1-12-8-19(26)25(15-4-6-16(7-5-15)29-21(22,23)24)11-17(12)13-2-3-14-10-20(27)28-18(14)9-13/h2-9,11H,10H2,1H3. The van der Waals surface area contributed by atoms with Gasteiger partial charge in [0.2, 0.25) is 0 Å². The predicted molar refractivity (Wildman–Crippen MR) is 98.2 cm³/mol. The second-order valence-electron chi connectivity index (χ2n) is 6.59. The molecule has 1 aromatic heterocycles. The van der Waals surface area contributed by atoms with Crippen molar-refractivity contribution in [1.82, 2.24) is 4.57 Å². The number of aromatic nitrogens is 1. The van der Waals surface area contributed by atoms with Crippen molar-refractivity contribution in [3.8, 4) is 28.3 Å². The van der Waals surface area contributed by atoms with Gasteiger partial charge in [-0.15, -0.1) is 13.2 Å². The number of hydrogen-bond donors (Lipinski definition) is 0. The van der Waals surface area contributed by atoms with Gasteiger partial charge < -0.3 is 9.47 Å². The second-order valence-corrected chi connectivity index (χ2v) is 6.59. The van der Waals surface area contributed by atoms with Gasteiger partial charge in [-0.25, -0.2) is 0 Å². The number of hydrogen-bond acceptors (Lipinski definition) is 4. The van der Waals surface area contributed by atoms with E-state index in [1.807, 2.05) is 6.07 Å². The molecule has 4 rings (SSSR count). The first-order valence-corrected chi connectivity index (χ1v) is 8.63. The third-order valence-electron chi connectivity index (χ3n) is 4.55. The van der Waals surface area contributed by atoms with Gasteiger partial charge in [-0.2, -0.15) is 0 Å². The molecular weight excluding hydrogens is 387 g/mol. The molecule has 0 amide bonds. The number of benzene rings is 2. The van der Waals surface area contributed by atoms with Crippen molar-refractivity contribution in [2.45, 2.75) is 19.7 Å². The van der Waals surface area contributed by atoms with Crippen LogP contribution in [-0.4, -0.2) is 16.9 Å². The number of ether oxygens (including phenoxy) is 2. The molecule has 1 aliphatic rings. The summed E-state index contributed by atoms with van der Waals surface area (Å²) < 4.78 is 47.3. The first-order chi connectivity index (χ1) is 13.7. The Balaban J connectivity index is 1.73. The molecule has 0 fully saturated rings. The summed E-state index contributed by atoms with van der Waals surface area (Å²) in [6.45, 7) is 1.78. The maximum Gasteiger partial charge on any atom is 0.573 e. The lowest BCUT2D eigenvalue weighted by Gasteiger charge is -2.13. The lowest BCUT2D eigenvalue weighted by Crippen LogP contribution is -2.19. The van der Waals surface area contributed by atoms with Gasteiger partial charge in [0.1, 0.15) is 11.5 Å². The number of carbonyl (C=O) groups excluding carboxylic acids is 1. The highest BCUT2D eigenvalue weighted by molar-refractivity contribution is 5.82. The second kappa shape index (κ2) is 6.80. The van der Waals surface area contributed by atoms with Crippen LogP contribution >= 0.6 is 0 Å². The van der Waals surface area contributed by atoms with Crippen molar-refractivity contribution >= 4 is 5.97 Å². The van der Waals surface area contributed by atoms with Gasteiger partial charge in [0.15, 0.2) is 0 Å². The van der Waals surface area contributed by atoms with E-state index in [9.17, 15) is 22.8 Å². The lowest BCUT2D eigenvalue weighted by atomic mass is 10.0. The first-order valence-electron chi connectivity index (χ1n) is 8.63. The van der Waals surface area contributed by atoms with Gasteiger partial charge >= 0.3 is 12.3 Å². The van der Waals surface area contributed by atoms with Crippen LogP contribution in [0.5, 0.6) is 11.5 Å². The fourth-order valence-corrected chi connectivity index (χ4v) is 3.22. The van der Waals surface area contributed by atoms with Crippen LogP contribution in [-0.2, 0) is 11.2 Å². The summed E-state index contributed by atoms with van der Waals surface area (Å²) in [6, 6.07) is 11.8. The van der Waals surface area contributed by atoms with Gasteiger partial charge in [0.05, 0.1) is 6.42 Å². The van der Waals surface area contributed by atoms with Crippen LogP contribution < -0.4 is 15.0 Å². The zero-order chi connectivity index (χ0) is 20.8. The Bertz CT molecular complexity index is 1160. The molecule has 0 saturated carbocycles. The van der Waals surface area contributed by atoms with E-state index < -0.39 is 6.36 Å². The summed E-state index contributed by atoms with van der Waals surface area (Å²) in [7, 11) is 0. The fraction of sp³-hybridized carbons (Fsp3) is 0.143. The maximum absolute atomic E-state index is 12.5. The molecule has 0 bridgehead atoms. The van der Waals surface area contributed by atoms with Crippen molar-refractivity contribution in [3.05, 3.63) is 76.2 Å². The highest BCUT2D eigenvalue weighted by atomic mass is 19.4. The third kappa shape index (κ3) is 3.87. The number of pyridine rings is 1. The predicted octanol–water partition coefficient (Wildman–Crippen LogP) is 4.17. The molecule has 5 nitrogen and oxygen atoms in total. The number of fused-ring (bicyclic) bond motifs is 1. The molecule has 2 heterocycles.